The zero-order valence-electron chi connectivity index (χ0n) is 19.0. The number of hydrogen-bond donors (Lipinski definition) is 1. The van der Waals surface area contributed by atoms with E-state index in [4.69, 9.17) is 21.1 Å². The number of likely N-dealkylation sites (tertiary alicyclic amines) is 1. The van der Waals surface area contributed by atoms with Crippen molar-refractivity contribution in [1.29, 1.82) is 0 Å². The second-order valence-electron chi connectivity index (χ2n) is 10.4. The van der Waals surface area contributed by atoms with Crippen LogP contribution in [0.2, 0.25) is 5.02 Å². The van der Waals surface area contributed by atoms with E-state index in [0.29, 0.717) is 22.1 Å². The number of rotatable bonds is 7. The summed E-state index contributed by atoms with van der Waals surface area (Å²) < 4.78 is 11.4. The highest BCUT2D eigenvalue weighted by Crippen LogP contribution is 2.55. The van der Waals surface area contributed by atoms with Gasteiger partial charge >= 0.3 is 0 Å². The summed E-state index contributed by atoms with van der Waals surface area (Å²) in [6, 6.07) is 3.96. The molecule has 0 aromatic heterocycles. The predicted molar refractivity (Wildman–Crippen MR) is 129 cm³/mol. The van der Waals surface area contributed by atoms with Crippen LogP contribution in [0.1, 0.15) is 63.4 Å². The lowest BCUT2D eigenvalue weighted by Gasteiger charge is -2.57. The molecule has 5 aliphatic rings. The molecular formula is C25H36Cl2N2O3. The maximum atomic E-state index is 12.5. The van der Waals surface area contributed by atoms with Crippen LogP contribution in [0, 0.1) is 17.8 Å². The Bertz CT molecular complexity index is 790. The third kappa shape index (κ3) is 5.00. The Morgan fingerprint density at radius 2 is 1.72 bits per heavy atom. The third-order valence-electron chi connectivity index (χ3n) is 8.04. The molecule has 0 unspecified atom stereocenters. The molecule has 1 aromatic rings. The molecular weight excluding hydrogens is 447 g/mol. The van der Waals surface area contributed by atoms with Crippen LogP contribution in [0.25, 0.3) is 0 Å². The fourth-order valence-electron chi connectivity index (χ4n) is 7.00. The number of carbonyl (C=O) groups is 1. The molecule has 7 heteroatoms. The van der Waals surface area contributed by atoms with E-state index in [-0.39, 0.29) is 24.9 Å². The summed E-state index contributed by atoms with van der Waals surface area (Å²) in [5.41, 5.74) is 1.41. The highest BCUT2D eigenvalue weighted by atomic mass is 35.5. The summed E-state index contributed by atoms with van der Waals surface area (Å²) in [6.07, 6.45) is 11.6. The van der Waals surface area contributed by atoms with E-state index in [1.54, 1.807) is 7.11 Å². The van der Waals surface area contributed by atoms with Gasteiger partial charge in [0, 0.05) is 25.2 Å². The maximum absolute atomic E-state index is 12.5. The lowest BCUT2D eigenvalue weighted by molar-refractivity contribution is -0.134. The first-order valence-electron chi connectivity index (χ1n) is 12.1. The Labute approximate surface area is 202 Å². The minimum atomic E-state index is 0. The number of hydrogen-bond acceptors (Lipinski definition) is 4. The molecule has 6 rings (SSSR count). The second-order valence-corrected chi connectivity index (χ2v) is 10.8. The molecule has 1 heterocycles. The van der Waals surface area contributed by atoms with E-state index >= 15 is 0 Å². The molecule has 1 aromatic carbocycles. The van der Waals surface area contributed by atoms with Crippen molar-refractivity contribution in [3.8, 4) is 11.5 Å². The number of nitrogens with one attached hydrogen (secondary N) is 1. The van der Waals surface area contributed by atoms with E-state index in [0.717, 1.165) is 55.8 Å². The standard InChI is InChI=1S/C25H35ClN2O3.ClH/c1-30-22-11-20(15-27-25-12-17-7-18(13-25)9-19(8-17)14-25)10-21(26)24(22)31-16-23(29)28-5-3-2-4-6-28;/h10-11,17-19,27H,2-9,12-16H2,1H3;1H. The van der Waals surface area contributed by atoms with Gasteiger partial charge in [-0.05, 0) is 93.2 Å². The zero-order valence-corrected chi connectivity index (χ0v) is 20.6. The van der Waals surface area contributed by atoms with Gasteiger partial charge in [0.1, 0.15) is 0 Å². The number of carbonyl (C=O) groups excluding carboxylic acids is 1. The number of ether oxygens (including phenoxy) is 2. The van der Waals surface area contributed by atoms with E-state index in [1.165, 1.54) is 44.9 Å². The first-order valence-corrected chi connectivity index (χ1v) is 12.4. The van der Waals surface area contributed by atoms with Gasteiger partial charge < -0.3 is 19.7 Å². The molecule has 4 bridgehead atoms. The number of methoxy groups -OCH3 is 1. The Hall–Kier alpha value is -1.17. The third-order valence-corrected chi connectivity index (χ3v) is 8.32. The van der Waals surface area contributed by atoms with Gasteiger partial charge in [-0.1, -0.05) is 11.6 Å². The highest BCUT2D eigenvalue weighted by molar-refractivity contribution is 6.32. The van der Waals surface area contributed by atoms with Crippen LogP contribution in [0.5, 0.6) is 11.5 Å². The van der Waals surface area contributed by atoms with Gasteiger partial charge in [-0.3, -0.25) is 4.79 Å². The summed E-state index contributed by atoms with van der Waals surface area (Å²) in [7, 11) is 1.63. The molecule has 0 atom stereocenters. The Morgan fingerprint density at radius 3 is 2.31 bits per heavy atom. The summed E-state index contributed by atoms with van der Waals surface area (Å²) in [5.74, 6) is 3.85. The van der Waals surface area contributed by atoms with Crippen molar-refractivity contribution < 1.29 is 14.3 Å². The van der Waals surface area contributed by atoms with Crippen LogP contribution in [-0.4, -0.2) is 43.2 Å². The molecule has 0 spiro atoms. The Morgan fingerprint density at radius 1 is 1.09 bits per heavy atom. The largest absolute Gasteiger partial charge is 0.493 e. The van der Waals surface area contributed by atoms with Crippen LogP contribution < -0.4 is 14.8 Å². The van der Waals surface area contributed by atoms with Gasteiger partial charge in [0.25, 0.3) is 5.91 Å². The monoisotopic (exact) mass is 482 g/mol. The van der Waals surface area contributed by atoms with Crippen molar-refractivity contribution in [2.45, 2.75) is 69.9 Å². The Balaban J connectivity index is 0.00000245. The number of piperidine rings is 1. The minimum absolute atomic E-state index is 0. The van der Waals surface area contributed by atoms with Gasteiger partial charge in [0.05, 0.1) is 12.1 Å². The first kappa shape index (κ1) is 24.0. The molecule has 0 radical (unpaired) electrons. The molecule has 4 saturated carbocycles. The average Bonchev–Trinajstić information content (AvgIpc) is 2.76. The molecule has 1 amide bonds. The summed E-state index contributed by atoms with van der Waals surface area (Å²) >= 11 is 6.58. The molecule has 178 valence electrons. The summed E-state index contributed by atoms with van der Waals surface area (Å²) in [5, 5.41) is 4.43. The SMILES string of the molecule is COc1cc(CNC23CC4CC(CC(C4)C2)C3)cc(Cl)c1OCC(=O)N1CCCCC1.Cl. The van der Waals surface area contributed by atoms with Crippen LogP contribution in [0.15, 0.2) is 12.1 Å². The van der Waals surface area contributed by atoms with Gasteiger partial charge in [-0.25, -0.2) is 0 Å². The van der Waals surface area contributed by atoms with Crippen molar-refractivity contribution in [3.05, 3.63) is 22.7 Å². The Kier molecular flexibility index (Phi) is 7.48. The topological polar surface area (TPSA) is 50.8 Å². The molecule has 1 N–H and O–H groups in total. The number of halogens is 2. The van der Waals surface area contributed by atoms with E-state index in [2.05, 4.69) is 5.32 Å². The molecule has 1 aliphatic heterocycles. The highest BCUT2D eigenvalue weighted by Gasteiger charge is 2.50. The van der Waals surface area contributed by atoms with E-state index in [1.807, 2.05) is 17.0 Å². The van der Waals surface area contributed by atoms with Crippen LogP contribution in [0.4, 0.5) is 0 Å². The van der Waals surface area contributed by atoms with Crippen molar-refractivity contribution in [3.63, 3.8) is 0 Å². The molecule has 1 saturated heterocycles. The van der Waals surface area contributed by atoms with E-state index < -0.39 is 0 Å². The molecule has 5 fully saturated rings. The van der Waals surface area contributed by atoms with Crippen LogP contribution in [-0.2, 0) is 11.3 Å². The van der Waals surface area contributed by atoms with Crippen LogP contribution >= 0.6 is 24.0 Å². The zero-order chi connectivity index (χ0) is 21.4. The smallest absolute Gasteiger partial charge is 0.260 e. The van der Waals surface area contributed by atoms with Gasteiger partial charge in [-0.2, -0.15) is 0 Å². The lowest BCUT2D eigenvalue weighted by Crippen LogP contribution is -2.58. The summed E-state index contributed by atoms with van der Waals surface area (Å²) in [4.78, 5) is 14.3. The summed E-state index contributed by atoms with van der Waals surface area (Å²) in [6.45, 7) is 2.43. The molecule has 32 heavy (non-hydrogen) atoms. The van der Waals surface area contributed by atoms with Gasteiger partial charge in [0.15, 0.2) is 18.1 Å². The molecule has 5 nitrogen and oxygen atoms in total. The molecule has 4 aliphatic carbocycles. The van der Waals surface area contributed by atoms with Gasteiger partial charge in [0.2, 0.25) is 0 Å². The number of benzene rings is 1. The van der Waals surface area contributed by atoms with Crippen molar-refractivity contribution >= 4 is 29.9 Å². The first-order chi connectivity index (χ1) is 15.0. The second kappa shape index (κ2) is 9.99. The van der Waals surface area contributed by atoms with Crippen molar-refractivity contribution in [1.82, 2.24) is 10.2 Å². The van der Waals surface area contributed by atoms with Crippen molar-refractivity contribution in [2.24, 2.45) is 17.8 Å². The normalized spacial score (nSPS) is 30.7. The van der Waals surface area contributed by atoms with Crippen molar-refractivity contribution in [2.75, 3.05) is 26.8 Å². The average molecular weight is 483 g/mol. The van der Waals surface area contributed by atoms with Crippen LogP contribution in [0.3, 0.4) is 0 Å². The fourth-order valence-corrected chi connectivity index (χ4v) is 7.29. The number of amides is 1. The predicted octanol–water partition coefficient (Wildman–Crippen LogP) is 5.22. The van der Waals surface area contributed by atoms with Gasteiger partial charge in [-0.15, -0.1) is 12.4 Å². The van der Waals surface area contributed by atoms with E-state index in [9.17, 15) is 4.79 Å². The quantitative estimate of drug-likeness (QED) is 0.578. The maximum Gasteiger partial charge on any atom is 0.260 e. The minimum Gasteiger partial charge on any atom is -0.493 e. The number of nitrogens with zero attached hydrogens (tertiary/aromatic N) is 1. The lowest BCUT2D eigenvalue weighted by atomic mass is 9.53. The fraction of sp³-hybridized carbons (Fsp3) is 0.720.